The zero-order chi connectivity index (χ0) is 14.1. The second-order valence-corrected chi connectivity index (χ2v) is 7.08. The molecule has 1 aromatic carbocycles. The summed E-state index contributed by atoms with van der Waals surface area (Å²) in [5.74, 6) is 0. The summed E-state index contributed by atoms with van der Waals surface area (Å²) in [6, 6.07) is 6.03. The maximum Gasteiger partial charge on any atom is 0.0950 e. The number of nitrogens with two attached hydrogens (primary N) is 1. The van der Waals surface area contributed by atoms with E-state index in [0.717, 1.165) is 29.0 Å². The van der Waals surface area contributed by atoms with Crippen LogP contribution in [0.2, 0.25) is 5.02 Å². The van der Waals surface area contributed by atoms with Crippen LogP contribution in [-0.2, 0) is 19.3 Å². The highest BCUT2D eigenvalue weighted by Crippen LogP contribution is 2.29. The second-order valence-electron chi connectivity index (χ2n) is 5.50. The maximum absolute atomic E-state index is 6.33. The third-order valence-corrected chi connectivity index (χ3v) is 5.50. The van der Waals surface area contributed by atoms with Crippen molar-refractivity contribution in [1.82, 2.24) is 4.98 Å². The van der Waals surface area contributed by atoms with Crippen LogP contribution in [0.15, 0.2) is 18.2 Å². The summed E-state index contributed by atoms with van der Waals surface area (Å²) in [5, 5.41) is 1.97. The molecule has 0 spiro atoms. The van der Waals surface area contributed by atoms with E-state index in [0.29, 0.717) is 0 Å². The van der Waals surface area contributed by atoms with Crippen molar-refractivity contribution in [2.45, 2.75) is 45.1 Å². The standard InChI is InChI=1S/C16H19ClN2S/c1-10-8-11(6-7-12(10)17)13(18)9-16-19-14-4-2-3-5-15(14)20-16/h6-8,13H,2-5,9,18H2,1H3. The molecule has 0 amide bonds. The summed E-state index contributed by atoms with van der Waals surface area (Å²) < 4.78 is 0. The van der Waals surface area contributed by atoms with E-state index in [4.69, 9.17) is 22.3 Å². The fourth-order valence-electron chi connectivity index (χ4n) is 2.70. The van der Waals surface area contributed by atoms with Crippen LogP contribution in [0.25, 0.3) is 0 Å². The monoisotopic (exact) mass is 306 g/mol. The van der Waals surface area contributed by atoms with Crippen LogP contribution >= 0.6 is 22.9 Å². The van der Waals surface area contributed by atoms with E-state index in [2.05, 4.69) is 6.07 Å². The minimum atomic E-state index is -0.00132. The van der Waals surface area contributed by atoms with Gasteiger partial charge in [-0.1, -0.05) is 23.7 Å². The first-order valence-corrected chi connectivity index (χ1v) is 8.32. The van der Waals surface area contributed by atoms with Crippen LogP contribution in [0.4, 0.5) is 0 Å². The number of benzene rings is 1. The molecule has 2 N–H and O–H groups in total. The number of hydrogen-bond donors (Lipinski definition) is 1. The van der Waals surface area contributed by atoms with Crippen LogP contribution in [0.5, 0.6) is 0 Å². The predicted molar refractivity (Wildman–Crippen MR) is 85.6 cm³/mol. The molecule has 1 aromatic heterocycles. The molecule has 20 heavy (non-hydrogen) atoms. The van der Waals surface area contributed by atoms with Gasteiger partial charge in [0.15, 0.2) is 0 Å². The molecule has 0 saturated carbocycles. The summed E-state index contributed by atoms with van der Waals surface area (Å²) in [5.41, 5.74) is 9.86. The molecule has 1 atom stereocenters. The van der Waals surface area contributed by atoms with Crippen molar-refractivity contribution in [3.63, 3.8) is 0 Å². The molecule has 0 saturated heterocycles. The highest BCUT2D eigenvalue weighted by Gasteiger charge is 2.17. The lowest BCUT2D eigenvalue weighted by Gasteiger charge is -2.11. The van der Waals surface area contributed by atoms with Crippen LogP contribution < -0.4 is 5.73 Å². The van der Waals surface area contributed by atoms with E-state index in [-0.39, 0.29) is 6.04 Å². The predicted octanol–water partition coefficient (Wildman–Crippen LogP) is 4.23. The van der Waals surface area contributed by atoms with Gasteiger partial charge in [0.25, 0.3) is 0 Å². The number of fused-ring (bicyclic) bond motifs is 1. The number of rotatable bonds is 3. The van der Waals surface area contributed by atoms with Crippen molar-refractivity contribution in [2.24, 2.45) is 5.73 Å². The van der Waals surface area contributed by atoms with Gasteiger partial charge in [0.1, 0.15) is 0 Å². The first kappa shape index (κ1) is 14.1. The summed E-state index contributed by atoms with van der Waals surface area (Å²) >= 11 is 7.91. The number of aromatic nitrogens is 1. The lowest BCUT2D eigenvalue weighted by Crippen LogP contribution is -2.13. The average Bonchev–Trinajstić information content (AvgIpc) is 2.83. The van der Waals surface area contributed by atoms with Gasteiger partial charge >= 0.3 is 0 Å². The van der Waals surface area contributed by atoms with Crippen molar-refractivity contribution in [3.8, 4) is 0 Å². The zero-order valence-electron chi connectivity index (χ0n) is 11.7. The minimum absolute atomic E-state index is 0.00132. The highest BCUT2D eigenvalue weighted by molar-refractivity contribution is 7.11. The number of aryl methyl sites for hydroxylation is 3. The van der Waals surface area contributed by atoms with Crippen LogP contribution in [-0.4, -0.2) is 4.98 Å². The van der Waals surface area contributed by atoms with Crippen molar-refractivity contribution < 1.29 is 0 Å². The Morgan fingerprint density at radius 3 is 2.90 bits per heavy atom. The number of thiazole rings is 1. The molecule has 1 aliphatic carbocycles. The molecule has 3 rings (SSSR count). The lowest BCUT2D eigenvalue weighted by molar-refractivity contribution is 0.674. The third kappa shape index (κ3) is 2.90. The van der Waals surface area contributed by atoms with E-state index in [1.54, 1.807) is 0 Å². The molecule has 4 heteroatoms. The van der Waals surface area contributed by atoms with Crippen molar-refractivity contribution >= 4 is 22.9 Å². The summed E-state index contributed by atoms with van der Waals surface area (Å²) in [6.07, 6.45) is 5.73. The molecule has 2 aromatic rings. The molecular weight excluding hydrogens is 288 g/mol. The molecule has 106 valence electrons. The Bertz CT molecular complexity index is 597. The molecule has 0 aliphatic heterocycles. The van der Waals surface area contributed by atoms with Gasteiger partial charge in [0.2, 0.25) is 0 Å². The average molecular weight is 307 g/mol. The van der Waals surface area contributed by atoms with Gasteiger partial charge in [-0.3, -0.25) is 0 Å². The summed E-state index contributed by atoms with van der Waals surface area (Å²) in [4.78, 5) is 6.25. The van der Waals surface area contributed by atoms with Gasteiger partial charge < -0.3 is 5.73 Å². The number of nitrogens with zero attached hydrogens (tertiary/aromatic N) is 1. The SMILES string of the molecule is Cc1cc(C(N)Cc2nc3c(s2)CCCC3)ccc1Cl. The zero-order valence-corrected chi connectivity index (χ0v) is 13.2. The van der Waals surface area contributed by atoms with Gasteiger partial charge in [0, 0.05) is 22.4 Å². The maximum atomic E-state index is 6.33. The Hall–Kier alpha value is -0.900. The summed E-state index contributed by atoms with van der Waals surface area (Å²) in [6.45, 7) is 2.01. The summed E-state index contributed by atoms with van der Waals surface area (Å²) in [7, 11) is 0. The number of hydrogen-bond acceptors (Lipinski definition) is 3. The Labute approximate surface area is 129 Å². The minimum Gasteiger partial charge on any atom is -0.324 e. The topological polar surface area (TPSA) is 38.9 Å². The van der Waals surface area contributed by atoms with E-state index < -0.39 is 0 Å². The Morgan fingerprint density at radius 1 is 1.35 bits per heavy atom. The third-order valence-electron chi connectivity index (χ3n) is 3.89. The van der Waals surface area contributed by atoms with Crippen molar-refractivity contribution in [2.75, 3.05) is 0 Å². The first-order chi connectivity index (χ1) is 9.63. The highest BCUT2D eigenvalue weighted by atomic mass is 35.5. The van der Waals surface area contributed by atoms with Gasteiger partial charge in [-0.05, 0) is 49.8 Å². The van der Waals surface area contributed by atoms with Crippen molar-refractivity contribution in [1.29, 1.82) is 0 Å². The molecule has 0 radical (unpaired) electrons. The van der Waals surface area contributed by atoms with E-state index in [9.17, 15) is 0 Å². The molecule has 2 nitrogen and oxygen atoms in total. The normalized spacial score (nSPS) is 15.9. The van der Waals surface area contributed by atoms with E-state index in [1.807, 2.05) is 30.4 Å². The first-order valence-electron chi connectivity index (χ1n) is 7.12. The molecule has 1 heterocycles. The molecular formula is C16H19ClN2S. The van der Waals surface area contributed by atoms with Crippen LogP contribution in [0, 0.1) is 6.92 Å². The van der Waals surface area contributed by atoms with Crippen LogP contribution in [0.1, 0.15) is 45.6 Å². The molecule has 1 aliphatic rings. The fourth-order valence-corrected chi connectivity index (χ4v) is 4.03. The van der Waals surface area contributed by atoms with Gasteiger partial charge in [-0.2, -0.15) is 0 Å². The van der Waals surface area contributed by atoms with Crippen LogP contribution in [0.3, 0.4) is 0 Å². The van der Waals surface area contributed by atoms with Gasteiger partial charge in [-0.25, -0.2) is 4.98 Å². The Morgan fingerprint density at radius 2 is 2.15 bits per heavy atom. The fraction of sp³-hybridized carbons (Fsp3) is 0.438. The van der Waals surface area contributed by atoms with Crippen molar-refractivity contribution in [3.05, 3.63) is 49.9 Å². The Kier molecular flexibility index (Phi) is 4.11. The second kappa shape index (κ2) is 5.84. The van der Waals surface area contributed by atoms with E-state index in [1.165, 1.54) is 34.8 Å². The number of halogens is 1. The molecule has 0 bridgehead atoms. The molecule has 1 unspecified atom stereocenters. The largest absolute Gasteiger partial charge is 0.324 e. The lowest BCUT2D eigenvalue weighted by atomic mass is 10.0. The van der Waals surface area contributed by atoms with Gasteiger partial charge in [0.05, 0.1) is 10.7 Å². The Balaban J connectivity index is 1.76. The van der Waals surface area contributed by atoms with E-state index >= 15 is 0 Å². The quantitative estimate of drug-likeness (QED) is 0.922. The molecule has 0 fully saturated rings. The van der Waals surface area contributed by atoms with Gasteiger partial charge in [-0.15, -0.1) is 11.3 Å². The smallest absolute Gasteiger partial charge is 0.0950 e.